The lowest BCUT2D eigenvalue weighted by Crippen LogP contribution is -2.25. The zero-order chi connectivity index (χ0) is 21.9. The number of ether oxygens (including phenoxy) is 1. The van der Waals surface area contributed by atoms with Crippen LogP contribution in [0.2, 0.25) is 0 Å². The average molecular weight is 428 g/mol. The molecule has 0 heterocycles. The van der Waals surface area contributed by atoms with Crippen molar-refractivity contribution in [3.8, 4) is 6.07 Å². The first-order valence-corrected chi connectivity index (χ1v) is 13.0. The Balaban J connectivity index is 1.27. The van der Waals surface area contributed by atoms with Crippen LogP contribution in [0.1, 0.15) is 120 Å². The molecule has 2 nitrogen and oxygen atoms in total. The second-order valence-electron chi connectivity index (χ2n) is 10.1. The highest BCUT2D eigenvalue weighted by molar-refractivity contribution is 5.34. The highest BCUT2D eigenvalue weighted by atomic mass is 19.1. The molecule has 31 heavy (non-hydrogen) atoms. The van der Waals surface area contributed by atoms with Gasteiger partial charge in [-0.2, -0.15) is 5.26 Å². The molecule has 1 aromatic rings. The quantitative estimate of drug-likeness (QED) is 0.333. The molecule has 3 heteroatoms. The van der Waals surface area contributed by atoms with Gasteiger partial charge >= 0.3 is 0 Å². The number of hydrogen-bond donors (Lipinski definition) is 0. The van der Waals surface area contributed by atoms with E-state index < -0.39 is 0 Å². The van der Waals surface area contributed by atoms with E-state index in [1.165, 1.54) is 70.6 Å². The van der Waals surface area contributed by atoms with Crippen molar-refractivity contribution in [3.63, 3.8) is 0 Å². The lowest BCUT2D eigenvalue weighted by molar-refractivity contribution is -0.00485. The predicted octanol–water partition coefficient (Wildman–Crippen LogP) is 8.30. The van der Waals surface area contributed by atoms with Crippen molar-refractivity contribution in [2.75, 3.05) is 6.61 Å². The molecule has 0 radical (unpaired) electrons. The molecule has 0 spiro atoms. The first-order valence-electron chi connectivity index (χ1n) is 13.0. The van der Waals surface area contributed by atoms with E-state index in [2.05, 4.69) is 6.92 Å². The topological polar surface area (TPSA) is 33.0 Å². The Labute approximate surface area is 189 Å². The van der Waals surface area contributed by atoms with E-state index in [0.29, 0.717) is 12.0 Å². The summed E-state index contributed by atoms with van der Waals surface area (Å²) in [6, 6.07) is 7.02. The second kappa shape index (κ2) is 13.2. The van der Waals surface area contributed by atoms with E-state index in [1.54, 1.807) is 12.1 Å². The fraction of sp³-hybridized carbons (Fsp3) is 0.750. The maximum Gasteiger partial charge on any atom is 0.141 e. The molecular weight excluding hydrogens is 385 g/mol. The molecule has 1 aromatic carbocycles. The van der Waals surface area contributed by atoms with Gasteiger partial charge in [-0.15, -0.1) is 0 Å². The monoisotopic (exact) mass is 427 g/mol. The number of rotatable bonds is 11. The molecule has 172 valence electrons. The molecule has 3 rings (SSSR count). The van der Waals surface area contributed by atoms with Gasteiger partial charge in [0.05, 0.1) is 11.7 Å². The van der Waals surface area contributed by atoms with Crippen molar-refractivity contribution in [3.05, 3.63) is 35.1 Å². The van der Waals surface area contributed by atoms with E-state index in [9.17, 15) is 4.39 Å². The summed E-state index contributed by atoms with van der Waals surface area (Å²) in [4.78, 5) is 0. The number of hydrogen-bond acceptors (Lipinski definition) is 2. The Kier molecular flexibility index (Phi) is 10.3. The highest BCUT2D eigenvalue weighted by Gasteiger charge is 2.26. The minimum atomic E-state index is -0.384. The maximum absolute atomic E-state index is 13.9. The third kappa shape index (κ3) is 7.90. The maximum atomic E-state index is 13.9. The zero-order valence-electron chi connectivity index (χ0n) is 19.6. The van der Waals surface area contributed by atoms with E-state index in [1.807, 2.05) is 12.1 Å². The van der Waals surface area contributed by atoms with Gasteiger partial charge in [-0.1, -0.05) is 70.8 Å². The molecular formula is C28H42FNO. The van der Waals surface area contributed by atoms with Gasteiger partial charge < -0.3 is 4.74 Å². The third-order valence-corrected chi connectivity index (χ3v) is 7.76. The molecule has 2 aliphatic carbocycles. The van der Waals surface area contributed by atoms with E-state index in [-0.39, 0.29) is 11.4 Å². The van der Waals surface area contributed by atoms with Gasteiger partial charge in [0.25, 0.3) is 0 Å². The standard InChI is InChI=1S/C28H42FNO/c1-2-3-4-5-6-7-8-22-9-11-23(12-10-22)21-31-27-17-15-24(16-18-27)25-13-14-26(20-30)28(29)19-25/h13-14,19,22-24,27H,2-12,15-18,21H2,1H3. The van der Waals surface area contributed by atoms with Crippen molar-refractivity contribution in [1.29, 1.82) is 5.26 Å². The first-order chi connectivity index (χ1) is 15.2. The molecule has 0 amide bonds. The van der Waals surface area contributed by atoms with Gasteiger partial charge in [-0.25, -0.2) is 4.39 Å². The first kappa shape index (κ1) is 24.2. The Hall–Kier alpha value is -1.40. The molecule has 2 fully saturated rings. The van der Waals surface area contributed by atoms with E-state index >= 15 is 0 Å². The van der Waals surface area contributed by atoms with Crippen LogP contribution in [0.15, 0.2) is 18.2 Å². The van der Waals surface area contributed by atoms with E-state index in [0.717, 1.165) is 49.7 Å². The summed E-state index contributed by atoms with van der Waals surface area (Å²) >= 11 is 0. The molecule has 0 saturated heterocycles. The van der Waals surface area contributed by atoms with Crippen molar-refractivity contribution in [1.82, 2.24) is 0 Å². The van der Waals surface area contributed by atoms with Gasteiger partial charge in [-0.05, 0) is 74.0 Å². The fourth-order valence-electron chi connectivity index (χ4n) is 5.61. The van der Waals surface area contributed by atoms with Crippen LogP contribution >= 0.6 is 0 Å². The number of benzene rings is 1. The third-order valence-electron chi connectivity index (χ3n) is 7.76. The van der Waals surface area contributed by atoms with Crippen molar-refractivity contribution in [2.45, 2.75) is 115 Å². The van der Waals surface area contributed by atoms with Gasteiger partial charge in [0.1, 0.15) is 11.9 Å². The highest BCUT2D eigenvalue weighted by Crippen LogP contribution is 2.36. The summed E-state index contributed by atoms with van der Waals surface area (Å²) in [6.07, 6.45) is 20.0. The van der Waals surface area contributed by atoms with Crippen molar-refractivity contribution >= 4 is 0 Å². The molecule has 2 saturated carbocycles. The Bertz CT molecular complexity index is 681. The molecule has 0 aromatic heterocycles. The molecule has 0 atom stereocenters. The van der Waals surface area contributed by atoms with Crippen LogP contribution in [-0.4, -0.2) is 12.7 Å². The minimum Gasteiger partial charge on any atom is -0.378 e. The summed E-state index contributed by atoms with van der Waals surface area (Å²) < 4.78 is 20.2. The van der Waals surface area contributed by atoms with Crippen LogP contribution < -0.4 is 0 Å². The summed E-state index contributed by atoms with van der Waals surface area (Å²) in [5.41, 5.74) is 1.18. The Morgan fingerprint density at radius 1 is 0.903 bits per heavy atom. The van der Waals surface area contributed by atoms with Crippen LogP contribution in [0.4, 0.5) is 4.39 Å². The van der Waals surface area contributed by atoms with Crippen LogP contribution in [-0.2, 0) is 4.74 Å². The Morgan fingerprint density at radius 2 is 1.58 bits per heavy atom. The molecule has 2 aliphatic rings. The normalized spacial score (nSPS) is 26.5. The molecule has 0 unspecified atom stereocenters. The predicted molar refractivity (Wildman–Crippen MR) is 126 cm³/mol. The van der Waals surface area contributed by atoms with Crippen LogP contribution in [0.3, 0.4) is 0 Å². The summed E-state index contributed by atoms with van der Waals surface area (Å²) in [5, 5.41) is 8.90. The van der Waals surface area contributed by atoms with Gasteiger partial charge in [0, 0.05) is 6.61 Å². The zero-order valence-corrected chi connectivity index (χ0v) is 19.6. The van der Waals surface area contributed by atoms with Gasteiger partial charge in [0.2, 0.25) is 0 Å². The SMILES string of the molecule is CCCCCCCCC1CCC(COC2CCC(c3ccc(C#N)c(F)c3)CC2)CC1. The molecule has 0 N–H and O–H groups in total. The van der Waals surface area contributed by atoms with Crippen LogP contribution in [0.5, 0.6) is 0 Å². The Morgan fingerprint density at radius 3 is 2.26 bits per heavy atom. The smallest absolute Gasteiger partial charge is 0.141 e. The summed E-state index contributed by atoms with van der Waals surface area (Å²) in [5.74, 6) is 1.74. The second-order valence-corrected chi connectivity index (χ2v) is 10.1. The average Bonchev–Trinajstić information content (AvgIpc) is 2.81. The lowest BCUT2D eigenvalue weighted by Gasteiger charge is -2.32. The summed E-state index contributed by atoms with van der Waals surface area (Å²) in [7, 11) is 0. The number of nitriles is 1. The van der Waals surface area contributed by atoms with E-state index in [4.69, 9.17) is 10.00 Å². The molecule has 0 bridgehead atoms. The van der Waals surface area contributed by atoms with Gasteiger partial charge in [-0.3, -0.25) is 0 Å². The number of nitrogens with zero attached hydrogens (tertiary/aromatic N) is 1. The minimum absolute atomic E-state index is 0.141. The van der Waals surface area contributed by atoms with Crippen LogP contribution in [0.25, 0.3) is 0 Å². The fourth-order valence-corrected chi connectivity index (χ4v) is 5.61. The lowest BCUT2D eigenvalue weighted by atomic mass is 9.80. The largest absolute Gasteiger partial charge is 0.378 e. The van der Waals surface area contributed by atoms with Crippen molar-refractivity contribution < 1.29 is 9.13 Å². The number of unbranched alkanes of at least 4 members (excludes halogenated alkanes) is 5. The summed E-state index contributed by atoms with van der Waals surface area (Å²) in [6.45, 7) is 3.22. The van der Waals surface area contributed by atoms with Gasteiger partial charge in [0.15, 0.2) is 0 Å². The van der Waals surface area contributed by atoms with Crippen molar-refractivity contribution in [2.24, 2.45) is 11.8 Å². The molecule has 0 aliphatic heterocycles. The number of halogens is 1. The van der Waals surface area contributed by atoms with Crippen LogP contribution in [0, 0.1) is 29.0 Å².